The molecule has 0 radical (unpaired) electrons. The second kappa shape index (κ2) is 4.46. The van der Waals surface area contributed by atoms with Crippen molar-refractivity contribution in [3.05, 3.63) is 35.4 Å². The molecule has 3 atom stereocenters. The number of piperidine rings is 1. The number of nitrogens with one attached hydrogen (secondary N) is 1. The first-order valence-electron chi connectivity index (χ1n) is 6.86. The monoisotopic (exact) mass is 290 g/mol. The van der Waals surface area contributed by atoms with E-state index < -0.39 is 0 Å². The van der Waals surface area contributed by atoms with Gasteiger partial charge in [0.25, 0.3) is 5.91 Å². The highest BCUT2D eigenvalue weighted by Gasteiger charge is 2.38. The van der Waals surface area contributed by atoms with Crippen molar-refractivity contribution in [3.8, 4) is 0 Å². The van der Waals surface area contributed by atoms with Gasteiger partial charge in [0, 0.05) is 25.3 Å². The van der Waals surface area contributed by atoms with Gasteiger partial charge in [0.05, 0.1) is 11.7 Å². The predicted octanol–water partition coefficient (Wildman–Crippen LogP) is 1.42. The highest BCUT2D eigenvalue weighted by molar-refractivity contribution is 6.30. The summed E-state index contributed by atoms with van der Waals surface area (Å²) in [6.45, 7) is 3.24. The minimum absolute atomic E-state index is 0.115. The Kier molecular flexibility index (Phi) is 2.72. The van der Waals surface area contributed by atoms with Gasteiger partial charge in [0.2, 0.25) is 0 Å². The summed E-state index contributed by atoms with van der Waals surface area (Å²) < 4.78 is 1.77. The zero-order chi connectivity index (χ0) is 13.7. The van der Waals surface area contributed by atoms with Crippen LogP contribution in [0.1, 0.15) is 16.9 Å². The van der Waals surface area contributed by atoms with Gasteiger partial charge in [-0.05, 0) is 31.0 Å². The maximum absolute atomic E-state index is 12.3. The lowest BCUT2D eigenvalue weighted by atomic mass is 10.00. The van der Waals surface area contributed by atoms with Crippen molar-refractivity contribution in [2.45, 2.75) is 12.5 Å². The van der Waals surface area contributed by atoms with Gasteiger partial charge >= 0.3 is 0 Å². The van der Waals surface area contributed by atoms with Crippen molar-refractivity contribution in [1.82, 2.24) is 19.6 Å². The fraction of sp³-hybridized carbons (Fsp3) is 0.429. The van der Waals surface area contributed by atoms with Gasteiger partial charge in [-0.2, -0.15) is 0 Å². The van der Waals surface area contributed by atoms with E-state index in [9.17, 15) is 4.79 Å². The molecule has 2 unspecified atom stereocenters. The Balaban J connectivity index is 1.56. The van der Waals surface area contributed by atoms with Crippen molar-refractivity contribution in [1.29, 1.82) is 0 Å². The number of amides is 1. The summed E-state index contributed by atoms with van der Waals surface area (Å²) in [4.78, 5) is 18.9. The van der Waals surface area contributed by atoms with Crippen molar-refractivity contribution in [2.24, 2.45) is 5.92 Å². The number of rotatable bonds is 2. The molecule has 2 aliphatic heterocycles. The summed E-state index contributed by atoms with van der Waals surface area (Å²) in [5.41, 5.74) is 1.30. The van der Waals surface area contributed by atoms with Crippen LogP contribution >= 0.6 is 11.6 Å². The molecule has 6 heteroatoms. The molecule has 5 nitrogen and oxygen atoms in total. The number of fused-ring (bicyclic) bond motifs is 3. The number of hydrogen-bond donors (Lipinski definition) is 1. The quantitative estimate of drug-likeness (QED) is 0.910. The van der Waals surface area contributed by atoms with Crippen LogP contribution in [0.25, 0.3) is 5.52 Å². The summed E-state index contributed by atoms with van der Waals surface area (Å²) in [5.74, 6) is 0.480. The smallest absolute Gasteiger partial charge is 0.271 e. The van der Waals surface area contributed by atoms with E-state index >= 15 is 0 Å². The van der Waals surface area contributed by atoms with Crippen LogP contribution in [0.4, 0.5) is 0 Å². The first kappa shape index (κ1) is 12.2. The summed E-state index contributed by atoms with van der Waals surface area (Å²) in [5, 5.41) is 3.69. The number of carbonyl (C=O) groups is 1. The molecule has 20 heavy (non-hydrogen) atoms. The van der Waals surface area contributed by atoms with Gasteiger partial charge < -0.3 is 14.6 Å². The molecule has 0 aliphatic carbocycles. The van der Waals surface area contributed by atoms with Crippen LogP contribution in [-0.2, 0) is 0 Å². The molecule has 1 amide bonds. The largest absolute Gasteiger partial charge is 0.346 e. The molecule has 104 valence electrons. The molecule has 2 aromatic rings. The maximum Gasteiger partial charge on any atom is 0.271 e. The summed E-state index contributed by atoms with van der Waals surface area (Å²) in [6, 6.07) is 3.93. The van der Waals surface area contributed by atoms with Crippen LogP contribution < -0.4 is 5.32 Å². The molecule has 1 N–H and O–H groups in total. The van der Waals surface area contributed by atoms with Gasteiger partial charge in [0.15, 0.2) is 0 Å². The Morgan fingerprint density at radius 1 is 1.40 bits per heavy atom. The summed E-state index contributed by atoms with van der Waals surface area (Å²) in [7, 11) is 0. The maximum atomic E-state index is 12.3. The van der Waals surface area contributed by atoms with Crippen molar-refractivity contribution in [3.63, 3.8) is 0 Å². The lowest BCUT2D eigenvalue weighted by Gasteiger charge is -2.22. The fourth-order valence-electron chi connectivity index (χ4n) is 3.28. The Bertz CT molecular complexity index is 683. The molecule has 4 heterocycles. The van der Waals surface area contributed by atoms with Crippen molar-refractivity contribution < 1.29 is 4.79 Å². The average molecular weight is 291 g/mol. The Hall–Kier alpha value is -1.59. The summed E-state index contributed by atoms with van der Waals surface area (Å²) >= 11 is 6.07. The van der Waals surface area contributed by atoms with Gasteiger partial charge in [-0.1, -0.05) is 11.6 Å². The topological polar surface area (TPSA) is 49.6 Å². The van der Waals surface area contributed by atoms with Crippen molar-refractivity contribution >= 4 is 23.0 Å². The number of carbonyl (C=O) groups excluding carboxylic acids is 1. The Morgan fingerprint density at radius 2 is 2.30 bits per heavy atom. The minimum Gasteiger partial charge on any atom is -0.346 e. The van der Waals surface area contributed by atoms with Crippen LogP contribution in [0, 0.1) is 5.92 Å². The minimum atomic E-state index is -0.115. The van der Waals surface area contributed by atoms with Crippen LogP contribution in [0.5, 0.6) is 0 Å². The first-order valence-corrected chi connectivity index (χ1v) is 7.24. The molecular formula is C14H15ClN4O. The average Bonchev–Trinajstić information content (AvgIpc) is 3.15. The molecular weight excluding hydrogens is 276 g/mol. The molecule has 2 saturated heterocycles. The van der Waals surface area contributed by atoms with E-state index in [0.717, 1.165) is 18.6 Å². The van der Waals surface area contributed by atoms with Crippen molar-refractivity contribution in [2.75, 3.05) is 19.6 Å². The molecule has 4 rings (SSSR count). The molecule has 0 aromatic carbocycles. The number of halogens is 1. The van der Waals surface area contributed by atoms with E-state index in [-0.39, 0.29) is 11.9 Å². The fourth-order valence-corrected chi connectivity index (χ4v) is 3.49. The molecule has 0 spiro atoms. The second-order valence-corrected chi connectivity index (χ2v) is 6.00. The standard InChI is InChI=1S/C14H15ClN4O/c15-13-2-1-10-5-16-12(8-19(10)13)14(20)17-11-7-18-4-3-9(11)6-18/h1-2,5,8-9,11H,3-4,6-7H2,(H,17,20)/t9-,11?/m0/s1. The van der Waals surface area contributed by atoms with E-state index in [2.05, 4.69) is 15.2 Å². The Morgan fingerprint density at radius 3 is 3.05 bits per heavy atom. The van der Waals surface area contributed by atoms with Crippen LogP contribution in [0.15, 0.2) is 24.5 Å². The lowest BCUT2D eigenvalue weighted by molar-refractivity contribution is 0.0919. The third-order valence-electron chi connectivity index (χ3n) is 4.37. The highest BCUT2D eigenvalue weighted by atomic mass is 35.5. The van der Waals surface area contributed by atoms with Gasteiger partial charge in [-0.15, -0.1) is 0 Å². The molecule has 0 saturated carbocycles. The lowest BCUT2D eigenvalue weighted by Crippen LogP contribution is -2.43. The number of nitrogens with zero attached hydrogens (tertiary/aromatic N) is 3. The van der Waals surface area contributed by atoms with Crippen LogP contribution in [-0.4, -0.2) is 45.9 Å². The van der Waals surface area contributed by atoms with Gasteiger partial charge in [-0.3, -0.25) is 4.79 Å². The molecule has 2 aromatic heterocycles. The normalized spacial score (nSPS) is 28.1. The molecule has 2 aliphatic rings. The third-order valence-corrected chi connectivity index (χ3v) is 4.68. The van der Waals surface area contributed by atoms with E-state index in [1.807, 2.05) is 6.07 Å². The molecule has 2 fully saturated rings. The van der Waals surface area contributed by atoms with Crippen LogP contribution in [0.3, 0.4) is 0 Å². The zero-order valence-electron chi connectivity index (χ0n) is 10.9. The van der Waals surface area contributed by atoms with Gasteiger partial charge in [0.1, 0.15) is 10.8 Å². The van der Waals surface area contributed by atoms with E-state index in [0.29, 0.717) is 16.8 Å². The second-order valence-electron chi connectivity index (χ2n) is 5.61. The predicted molar refractivity (Wildman–Crippen MR) is 76.0 cm³/mol. The molecule has 2 bridgehead atoms. The third kappa shape index (κ3) is 1.89. The van der Waals surface area contributed by atoms with E-state index in [1.165, 1.54) is 13.0 Å². The van der Waals surface area contributed by atoms with E-state index in [4.69, 9.17) is 11.6 Å². The summed E-state index contributed by atoms with van der Waals surface area (Å²) in [6.07, 6.45) is 4.55. The highest BCUT2D eigenvalue weighted by Crippen LogP contribution is 2.27. The van der Waals surface area contributed by atoms with E-state index in [1.54, 1.807) is 22.9 Å². The Labute approximate surface area is 121 Å². The number of hydrogen-bond acceptors (Lipinski definition) is 3. The van der Waals surface area contributed by atoms with Crippen LogP contribution in [0.2, 0.25) is 5.15 Å². The first-order chi connectivity index (χ1) is 9.70. The number of aromatic nitrogens is 2. The zero-order valence-corrected chi connectivity index (χ0v) is 11.7. The SMILES string of the molecule is O=C(NC1CN2CC[C@H]1C2)c1cn2c(Cl)ccc2cn1. The van der Waals surface area contributed by atoms with Gasteiger partial charge in [-0.25, -0.2) is 4.98 Å².